The third kappa shape index (κ3) is 5.38. The zero-order valence-electron chi connectivity index (χ0n) is 13.4. The molecule has 3 N–H and O–H groups in total. The van der Waals surface area contributed by atoms with Crippen molar-refractivity contribution < 1.29 is 14.7 Å². The summed E-state index contributed by atoms with van der Waals surface area (Å²) >= 11 is 1.51. The fraction of sp³-hybridized carbons (Fsp3) is 0.375. The number of carbonyl (C=O) groups is 2. The van der Waals surface area contributed by atoms with Gasteiger partial charge < -0.3 is 10.4 Å². The molecule has 0 radical (unpaired) electrons. The predicted octanol–water partition coefficient (Wildman–Crippen LogP) is 2.47. The van der Waals surface area contributed by atoms with Crippen LogP contribution in [-0.2, 0) is 10.5 Å². The van der Waals surface area contributed by atoms with Gasteiger partial charge in [0.25, 0.3) is 5.91 Å². The van der Waals surface area contributed by atoms with Crippen LogP contribution in [0.2, 0.25) is 0 Å². The number of aromatic amines is 1. The van der Waals surface area contributed by atoms with Crippen molar-refractivity contribution in [3.63, 3.8) is 0 Å². The summed E-state index contributed by atoms with van der Waals surface area (Å²) < 4.78 is 0. The summed E-state index contributed by atoms with van der Waals surface area (Å²) in [5, 5.41) is 19.0. The van der Waals surface area contributed by atoms with Gasteiger partial charge in [-0.05, 0) is 24.1 Å². The molecule has 1 unspecified atom stereocenters. The third-order valence-corrected chi connectivity index (χ3v) is 4.38. The van der Waals surface area contributed by atoms with Gasteiger partial charge in [0.1, 0.15) is 12.4 Å². The first-order chi connectivity index (χ1) is 11.6. The molecule has 1 heterocycles. The van der Waals surface area contributed by atoms with Gasteiger partial charge in [0.15, 0.2) is 5.16 Å². The molecule has 0 bridgehead atoms. The average Bonchev–Trinajstić information content (AvgIpc) is 3.10. The minimum absolute atomic E-state index is 0.368. The molecule has 2 rings (SSSR count). The summed E-state index contributed by atoms with van der Waals surface area (Å²) in [7, 11) is 0. The smallest absolute Gasteiger partial charge is 0.326 e. The lowest BCUT2D eigenvalue weighted by Gasteiger charge is -2.14. The molecule has 24 heavy (non-hydrogen) atoms. The summed E-state index contributed by atoms with van der Waals surface area (Å²) in [5.74, 6) is -0.671. The summed E-state index contributed by atoms with van der Waals surface area (Å²) in [5.41, 5.74) is 1.49. The Labute approximate surface area is 144 Å². The van der Waals surface area contributed by atoms with E-state index in [9.17, 15) is 9.59 Å². The number of nitrogens with one attached hydrogen (secondary N) is 2. The van der Waals surface area contributed by atoms with Crippen LogP contribution in [0.4, 0.5) is 0 Å². The second-order valence-electron chi connectivity index (χ2n) is 5.28. The van der Waals surface area contributed by atoms with Crippen molar-refractivity contribution in [1.29, 1.82) is 0 Å². The monoisotopic (exact) mass is 348 g/mol. The Morgan fingerprint density at radius 3 is 2.67 bits per heavy atom. The maximum Gasteiger partial charge on any atom is 0.326 e. The highest BCUT2D eigenvalue weighted by molar-refractivity contribution is 7.98. The Hall–Kier alpha value is -2.35. The van der Waals surface area contributed by atoms with Crippen LogP contribution in [-0.4, -0.2) is 38.2 Å². The van der Waals surface area contributed by atoms with Crippen LogP contribution in [0.25, 0.3) is 0 Å². The first-order valence-corrected chi connectivity index (χ1v) is 8.69. The van der Waals surface area contributed by atoms with Crippen LogP contribution in [0.15, 0.2) is 35.7 Å². The molecule has 0 aliphatic rings. The number of hydrogen-bond acceptors (Lipinski definition) is 5. The number of carbonyl (C=O) groups excluding carboxylic acids is 1. The molecule has 2 aromatic rings. The second-order valence-corrected chi connectivity index (χ2v) is 6.25. The Kier molecular flexibility index (Phi) is 6.80. The molecule has 0 aliphatic heterocycles. The van der Waals surface area contributed by atoms with Crippen molar-refractivity contribution in [3.05, 3.63) is 41.7 Å². The molecule has 0 saturated heterocycles. The van der Waals surface area contributed by atoms with Crippen LogP contribution in [0.3, 0.4) is 0 Å². The molecule has 0 saturated carbocycles. The quantitative estimate of drug-likeness (QED) is 0.601. The van der Waals surface area contributed by atoms with Gasteiger partial charge in [-0.2, -0.15) is 5.10 Å². The molecule has 1 atom stereocenters. The molecule has 0 fully saturated rings. The Bertz CT molecular complexity index is 658. The van der Waals surface area contributed by atoms with Crippen molar-refractivity contribution in [2.75, 3.05) is 0 Å². The second kappa shape index (κ2) is 9.07. The highest BCUT2D eigenvalue weighted by Crippen LogP contribution is 2.18. The zero-order chi connectivity index (χ0) is 17.4. The number of amides is 1. The van der Waals surface area contributed by atoms with E-state index in [1.807, 2.05) is 19.1 Å². The van der Waals surface area contributed by atoms with Gasteiger partial charge >= 0.3 is 5.97 Å². The van der Waals surface area contributed by atoms with Gasteiger partial charge in [-0.1, -0.05) is 43.7 Å². The Morgan fingerprint density at radius 1 is 1.33 bits per heavy atom. The molecule has 1 amide bonds. The van der Waals surface area contributed by atoms with E-state index >= 15 is 0 Å². The number of H-pyrrole nitrogens is 1. The van der Waals surface area contributed by atoms with Crippen molar-refractivity contribution in [1.82, 2.24) is 20.5 Å². The average molecular weight is 348 g/mol. The number of benzene rings is 1. The van der Waals surface area contributed by atoms with E-state index in [1.54, 1.807) is 12.1 Å². The summed E-state index contributed by atoms with van der Waals surface area (Å²) in [6, 6.07) is 6.24. The number of nitrogens with zero attached hydrogens (tertiary/aromatic N) is 2. The SMILES string of the molecule is CCCCC(NC(=O)c1ccc(CSc2ncn[nH]2)cc1)C(=O)O. The van der Waals surface area contributed by atoms with E-state index in [0.29, 0.717) is 17.7 Å². The van der Waals surface area contributed by atoms with Gasteiger partial charge in [-0.15, -0.1) is 0 Å². The van der Waals surface area contributed by atoms with Gasteiger partial charge in [0.2, 0.25) is 0 Å². The molecule has 8 heteroatoms. The normalized spacial score (nSPS) is 11.9. The van der Waals surface area contributed by atoms with E-state index in [4.69, 9.17) is 5.11 Å². The number of aromatic nitrogens is 3. The Balaban J connectivity index is 1.91. The first kappa shape index (κ1) is 18.0. The number of rotatable bonds is 9. The fourth-order valence-electron chi connectivity index (χ4n) is 2.08. The van der Waals surface area contributed by atoms with Crippen LogP contribution < -0.4 is 5.32 Å². The number of unbranched alkanes of at least 4 members (excludes halogenated alkanes) is 1. The van der Waals surface area contributed by atoms with E-state index in [0.717, 1.165) is 23.6 Å². The van der Waals surface area contributed by atoms with Gasteiger partial charge in [0, 0.05) is 11.3 Å². The maximum atomic E-state index is 12.2. The van der Waals surface area contributed by atoms with Crippen LogP contribution in [0.5, 0.6) is 0 Å². The van der Waals surface area contributed by atoms with Crippen molar-refractivity contribution in [2.24, 2.45) is 0 Å². The number of carboxylic acid groups (broad SMARTS) is 1. The standard InChI is InChI=1S/C16H20N4O3S/c1-2-3-4-13(15(22)23)19-14(21)12-7-5-11(6-8-12)9-24-16-17-10-18-20-16/h5-8,10,13H,2-4,9H2,1H3,(H,19,21)(H,22,23)(H,17,18,20). The lowest BCUT2D eigenvalue weighted by atomic mass is 10.1. The molecule has 1 aromatic heterocycles. The van der Waals surface area contributed by atoms with E-state index in [2.05, 4.69) is 20.5 Å². The fourth-order valence-corrected chi connectivity index (χ4v) is 2.81. The highest BCUT2D eigenvalue weighted by atomic mass is 32.2. The molecular formula is C16H20N4O3S. The number of aliphatic carboxylic acids is 1. The number of hydrogen-bond donors (Lipinski definition) is 3. The van der Waals surface area contributed by atoms with Crippen LogP contribution in [0.1, 0.15) is 42.1 Å². The minimum Gasteiger partial charge on any atom is -0.480 e. The van der Waals surface area contributed by atoms with Gasteiger partial charge in [0.05, 0.1) is 0 Å². The highest BCUT2D eigenvalue weighted by Gasteiger charge is 2.19. The number of thioether (sulfide) groups is 1. The maximum absolute atomic E-state index is 12.2. The van der Waals surface area contributed by atoms with E-state index in [1.165, 1.54) is 18.1 Å². The lowest BCUT2D eigenvalue weighted by molar-refractivity contribution is -0.139. The molecule has 1 aromatic carbocycles. The van der Waals surface area contributed by atoms with Gasteiger partial charge in [-0.25, -0.2) is 9.78 Å². The largest absolute Gasteiger partial charge is 0.480 e. The molecular weight excluding hydrogens is 328 g/mol. The topological polar surface area (TPSA) is 108 Å². The lowest BCUT2D eigenvalue weighted by Crippen LogP contribution is -2.40. The number of carboxylic acids is 1. The van der Waals surface area contributed by atoms with Crippen LogP contribution in [0, 0.1) is 0 Å². The molecule has 0 spiro atoms. The minimum atomic E-state index is -1.00. The van der Waals surface area contributed by atoms with Crippen LogP contribution >= 0.6 is 11.8 Å². The summed E-state index contributed by atoms with van der Waals surface area (Å²) in [6.45, 7) is 1.98. The zero-order valence-corrected chi connectivity index (χ0v) is 14.2. The Morgan fingerprint density at radius 2 is 2.08 bits per heavy atom. The van der Waals surface area contributed by atoms with Crippen molar-refractivity contribution in [2.45, 2.75) is 43.1 Å². The third-order valence-electron chi connectivity index (χ3n) is 3.43. The van der Waals surface area contributed by atoms with Crippen molar-refractivity contribution in [3.8, 4) is 0 Å². The van der Waals surface area contributed by atoms with E-state index < -0.39 is 12.0 Å². The first-order valence-electron chi connectivity index (χ1n) is 7.71. The summed E-state index contributed by atoms with van der Waals surface area (Å²) in [6.07, 6.45) is 3.53. The molecule has 128 valence electrons. The van der Waals surface area contributed by atoms with E-state index in [-0.39, 0.29) is 5.91 Å². The van der Waals surface area contributed by atoms with Gasteiger partial charge in [-0.3, -0.25) is 9.89 Å². The molecule has 0 aliphatic carbocycles. The molecule has 7 nitrogen and oxygen atoms in total. The summed E-state index contributed by atoms with van der Waals surface area (Å²) in [4.78, 5) is 27.4. The predicted molar refractivity (Wildman–Crippen MR) is 90.8 cm³/mol. The van der Waals surface area contributed by atoms with Crippen molar-refractivity contribution >= 4 is 23.6 Å².